The van der Waals surface area contributed by atoms with E-state index < -0.39 is 41.1 Å². The zero-order valence-electron chi connectivity index (χ0n) is 31.6. The lowest BCUT2D eigenvalue weighted by Crippen LogP contribution is -2.45. The Labute approximate surface area is 303 Å². The number of anilines is 2. The Hall–Kier alpha value is -6.04. The summed E-state index contributed by atoms with van der Waals surface area (Å²) < 4.78 is 12.6. The Bertz CT molecular complexity index is 2100. The van der Waals surface area contributed by atoms with Crippen LogP contribution in [0.1, 0.15) is 82.8 Å². The van der Waals surface area contributed by atoms with E-state index in [1.807, 2.05) is 25.2 Å². The zero-order valence-corrected chi connectivity index (χ0v) is 31.6. The third-order valence-electron chi connectivity index (χ3n) is 7.39. The van der Waals surface area contributed by atoms with Crippen LogP contribution >= 0.6 is 0 Å². The van der Waals surface area contributed by atoms with Gasteiger partial charge in [-0.2, -0.15) is 5.10 Å². The molecule has 3 heterocycles. The number of aryl methyl sites for hydroxylation is 2. The van der Waals surface area contributed by atoms with Gasteiger partial charge in [-0.05, 0) is 98.6 Å². The summed E-state index contributed by atoms with van der Waals surface area (Å²) in [5.41, 5.74) is 3.89. The highest BCUT2D eigenvalue weighted by Crippen LogP contribution is 2.30. The van der Waals surface area contributed by atoms with Gasteiger partial charge >= 0.3 is 12.2 Å². The van der Waals surface area contributed by atoms with Gasteiger partial charge in [-0.3, -0.25) is 24.6 Å². The minimum Gasteiger partial charge on any atom is -0.444 e. The monoisotopic (exact) mass is 711 g/mol. The summed E-state index contributed by atoms with van der Waals surface area (Å²) in [6.07, 6.45) is 0.379. The topological polar surface area (TPSA) is 174 Å². The Kier molecular flexibility index (Phi) is 11.2. The molecule has 52 heavy (non-hydrogen) atoms. The number of amides is 3. The Morgan fingerprint density at radius 2 is 1.56 bits per heavy atom. The van der Waals surface area contributed by atoms with Crippen LogP contribution in [0, 0.1) is 18.8 Å². The van der Waals surface area contributed by atoms with Crippen molar-refractivity contribution in [3.05, 3.63) is 59.2 Å². The van der Waals surface area contributed by atoms with Gasteiger partial charge in [-0.15, -0.1) is 0 Å². The highest BCUT2D eigenvalue weighted by molar-refractivity contribution is 6.04. The zero-order chi connectivity index (χ0) is 38.7. The summed E-state index contributed by atoms with van der Waals surface area (Å²) in [4.78, 5) is 66.9. The van der Waals surface area contributed by atoms with Crippen molar-refractivity contribution in [3.8, 4) is 23.1 Å². The number of aromatic nitrogens is 5. The molecule has 274 valence electrons. The molecule has 3 aromatic heterocycles. The average molecular weight is 712 g/mol. The van der Waals surface area contributed by atoms with Crippen molar-refractivity contribution in [1.29, 1.82) is 0 Å². The summed E-state index contributed by atoms with van der Waals surface area (Å²) in [5.74, 6) is 5.66. The lowest BCUT2D eigenvalue weighted by Gasteiger charge is -2.28. The number of rotatable bonds is 7. The largest absolute Gasteiger partial charge is 0.444 e. The second-order valence-electron chi connectivity index (χ2n) is 14.2. The summed E-state index contributed by atoms with van der Waals surface area (Å²) in [6.45, 7) is 15.0. The van der Waals surface area contributed by atoms with E-state index in [1.165, 1.54) is 25.9 Å². The second-order valence-corrected chi connectivity index (χ2v) is 14.2. The molecule has 2 N–H and O–H groups in total. The number of carbonyl (C=O) groups is 4. The maximum atomic E-state index is 13.5. The maximum absolute atomic E-state index is 13.5. The standard InChI is InChI=1S/C37H45N9O6/c1-21(44(10)34(49)51-36(4,5)6)33(48)42-29-19-25(18-27(41-29)15-13-24-14-16-28-26(17-24)20-38-45(28)11)31-30(22(2)47)32(40-23(3)39-31)43-46(12)35(50)52-37(7,8)9/h14,16-21H,1-12H3,(H,39,40,43)(H,41,42,48). The number of carbonyl (C=O) groups excluding carboxylic acids is 4. The van der Waals surface area contributed by atoms with Crippen molar-refractivity contribution >= 4 is 46.4 Å². The van der Waals surface area contributed by atoms with Gasteiger partial charge in [0, 0.05) is 37.7 Å². The fourth-order valence-electron chi connectivity index (χ4n) is 4.80. The normalized spacial score (nSPS) is 11.9. The third kappa shape index (κ3) is 9.81. The highest BCUT2D eigenvalue weighted by Gasteiger charge is 2.28. The molecule has 0 saturated heterocycles. The van der Waals surface area contributed by atoms with E-state index >= 15 is 0 Å². The van der Waals surface area contributed by atoms with Gasteiger partial charge in [0.25, 0.3) is 0 Å². The lowest BCUT2D eigenvalue weighted by atomic mass is 10.0. The van der Waals surface area contributed by atoms with Crippen molar-refractivity contribution in [2.45, 2.75) is 79.6 Å². The first-order chi connectivity index (χ1) is 24.1. The molecule has 1 aromatic carbocycles. The van der Waals surface area contributed by atoms with E-state index in [9.17, 15) is 19.2 Å². The fraction of sp³-hybridized carbons (Fsp3) is 0.405. The van der Waals surface area contributed by atoms with Gasteiger partial charge in [-0.1, -0.05) is 5.92 Å². The average Bonchev–Trinajstić information content (AvgIpc) is 3.40. The Balaban J connectivity index is 1.80. The van der Waals surface area contributed by atoms with Crippen LogP contribution in [0.15, 0.2) is 36.5 Å². The highest BCUT2D eigenvalue weighted by atomic mass is 16.6. The molecule has 1 atom stereocenters. The number of likely N-dealkylation sites (N-methyl/N-ethyl adjacent to an activating group) is 1. The van der Waals surface area contributed by atoms with Gasteiger partial charge in [0.1, 0.15) is 34.6 Å². The first-order valence-electron chi connectivity index (χ1n) is 16.5. The third-order valence-corrected chi connectivity index (χ3v) is 7.39. The molecule has 15 heteroatoms. The van der Waals surface area contributed by atoms with Gasteiger partial charge in [-0.25, -0.2) is 29.5 Å². The smallest absolute Gasteiger partial charge is 0.428 e. The van der Waals surface area contributed by atoms with Crippen LogP contribution in [-0.2, 0) is 21.3 Å². The van der Waals surface area contributed by atoms with Crippen LogP contribution in [0.4, 0.5) is 21.2 Å². The van der Waals surface area contributed by atoms with E-state index in [1.54, 1.807) is 78.4 Å². The van der Waals surface area contributed by atoms with Gasteiger partial charge in [0.15, 0.2) is 11.6 Å². The number of ketones is 1. The van der Waals surface area contributed by atoms with Crippen molar-refractivity contribution in [2.75, 3.05) is 24.8 Å². The van der Waals surface area contributed by atoms with E-state index in [0.717, 1.165) is 15.9 Å². The number of hydrogen-bond donors (Lipinski definition) is 2. The number of nitrogens with zero attached hydrogens (tertiary/aromatic N) is 7. The fourth-order valence-corrected chi connectivity index (χ4v) is 4.80. The molecule has 0 saturated carbocycles. The molecule has 15 nitrogen and oxygen atoms in total. The summed E-state index contributed by atoms with van der Waals surface area (Å²) in [6, 6.07) is 7.90. The van der Waals surface area contributed by atoms with Crippen LogP contribution in [0.5, 0.6) is 0 Å². The van der Waals surface area contributed by atoms with E-state index in [2.05, 4.69) is 42.6 Å². The number of ether oxygens (including phenoxy) is 2. The predicted molar refractivity (Wildman–Crippen MR) is 196 cm³/mol. The first-order valence-corrected chi connectivity index (χ1v) is 16.5. The molecule has 0 aliphatic rings. The van der Waals surface area contributed by atoms with Crippen molar-refractivity contribution in [3.63, 3.8) is 0 Å². The molecule has 0 aliphatic heterocycles. The number of Topliss-reactive ketones (excluding diaryl/α,β-unsaturated/α-hetero) is 1. The predicted octanol–water partition coefficient (Wildman–Crippen LogP) is 5.72. The molecule has 0 fully saturated rings. The summed E-state index contributed by atoms with van der Waals surface area (Å²) in [7, 11) is 4.76. The van der Waals surface area contributed by atoms with Crippen molar-refractivity contribution in [2.24, 2.45) is 7.05 Å². The molecular formula is C37H45N9O6. The van der Waals surface area contributed by atoms with Crippen LogP contribution in [-0.4, -0.2) is 89.9 Å². The quantitative estimate of drug-likeness (QED) is 0.136. The molecule has 1 unspecified atom stereocenters. The van der Waals surface area contributed by atoms with E-state index in [-0.39, 0.29) is 34.4 Å². The van der Waals surface area contributed by atoms with Gasteiger partial charge < -0.3 is 14.8 Å². The minimum atomic E-state index is -0.950. The summed E-state index contributed by atoms with van der Waals surface area (Å²) >= 11 is 0. The van der Waals surface area contributed by atoms with Gasteiger partial charge in [0.05, 0.1) is 23.0 Å². The SMILES string of the molecule is CC(=O)c1c(NN(C)C(=O)OC(C)(C)C)nc(C)nc1-c1cc(C#Cc2ccc3c(cnn3C)c2)nc(NC(=O)C(C)N(C)C(=O)OC(C)(C)C)c1. The number of nitrogens with one attached hydrogen (secondary N) is 2. The molecule has 0 radical (unpaired) electrons. The molecule has 4 aromatic rings. The van der Waals surface area contributed by atoms with E-state index in [0.29, 0.717) is 11.1 Å². The van der Waals surface area contributed by atoms with Crippen LogP contribution in [0.3, 0.4) is 0 Å². The number of pyridine rings is 1. The summed E-state index contributed by atoms with van der Waals surface area (Å²) in [5, 5.41) is 9.05. The van der Waals surface area contributed by atoms with Crippen LogP contribution < -0.4 is 10.7 Å². The number of benzene rings is 1. The molecule has 0 bridgehead atoms. The number of hydrazine groups is 1. The minimum absolute atomic E-state index is 0.0655. The second kappa shape index (κ2) is 15.1. The van der Waals surface area contributed by atoms with Crippen LogP contribution in [0.2, 0.25) is 0 Å². The molecule has 0 aliphatic carbocycles. The Morgan fingerprint density at radius 3 is 2.19 bits per heavy atom. The number of fused-ring (bicyclic) bond motifs is 1. The van der Waals surface area contributed by atoms with Crippen molar-refractivity contribution < 1.29 is 28.7 Å². The molecule has 4 rings (SSSR count). The van der Waals surface area contributed by atoms with Crippen molar-refractivity contribution in [1.82, 2.24) is 34.6 Å². The molecular weight excluding hydrogens is 666 g/mol. The lowest BCUT2D eigenvalue weighted by molar-refractivity contribution is -0.120. The molecule has 3 amide bonds. The maximum Gasteiger partial charge on any atom is 0.428 e. The molecule has 0 spiro atoms. The number of hydrogen-bond acceptors (Lipinski definition) is 11. The Morgan fingerprint density at radius 1 is 0.904 bits per heavy atom. The van der Waals surface area contributed by atoms with Gasteiger partial charge in [0.2, 0.25) is 5.91 Å². The first kappa shape index (κ1) is 38.8. The van der Waals surface area contributed by atoms with E-state index in [4.69, 9.17) is 9.47 Å². The van der Waals surface area contributed by atoms with Crippen LogP contribution in [0.25, 0.3) is 22.2 Å².